The van der Waals surface area contributed by atoms with Crippen molar-refractivity contribution in [2.24, 2.45) is 11.8 Å². The summed E-state index contributed by atoms with van der Waals surface area (Å²) in [5.74, 6) is 0.892. The molecule has 0 amide bonds. The predicted molar refractivity (Wildman–Crippen MR) is 117 cm³/mol. The normalized spacial score (nSPS) is 23.4. The predicted octanol–water partition coefficient (Wildman–Crippen LogP) is 7.95. The SMILES string of the molecule is CCCCCCCCCCC(C)CC(CCCCC)C1(O)CCCC[C]1O. The quantitative estimate of drug-likeness (QED) is 0.266. The van der Waals surface area contributed by atoms with Crippen LogP contribution in [0.5, 0.6) is 0 Å². The first-order valence-electron chi connectivity index (χ1n) is 12.3. The first-order valence-corrected chi connectivity index (χ1v) is 12.3. The van der Waals surface area contributed by atoms with Crippen molar-refractivity contribution in [1.29, 1.82) is 0 Å². The average Bonchev–Trinajstić information content (AvgIpc) is 2.65. The Morgan fingerprint density at radius 3 is 2.00 bits per heavy atom. The lowest BCUT2D eigenvalue weighted by atomic mass is 9.69. The van der Waals surface area contributed by atoms with Crippen LogP contribution in [0.4, 0.5) is 0 Å². The molecule has 0 heterocycles. The van der Waals surface area contributed by atoms with Gasteiger partial charge in [-0.15, -0.1) is 0 Å². The summed E-state index contributed by atoms with van der Waals surface area (Å²) in [5.41, 5.74) is -0.903. The molecule has 3 unspecified atom stereocenters. The summed E-state index contributed by atoms with van der Waals surface area (Å²) >= 11 is 0. The molecule has 1 fully saturated rings. The Morgan fingerprint density at radius 1 is 0.815 bits per heavy atom. The molecule has 1 rings (SSSR count). The second kappa shape index (κ2) is 14.9. The highest BCUT2D eigenvalue weighted by atomic mass is 16.3. The molecule has 2 heteroatoms. The van der Waals surface area contributed by atoms with Crippen molar-refractivity contribution < 1.29 is 10.2 Å². The summed E-state index contributed by atoms with van der Waals surface area (Å²) in [6.07, 6.45) is 22.0. The van der Waals surface area contributed by atoms with Gasteiger partial charge in [-0.1, -0.05) is 111 Å². The minimum Gasteiger partial charge on any atom is -0.386 e. The van der Waals surface area contributed by atoms with E-state index in [1.54, 1.807) is 0 Å². The maximum atomic E-state index is 11.3. The molecule has 2 N–H and O–H groups in total. The first-order chi connectivity index (χ1) is 13.0. The Morgan fingerprint density at radius 2 is 1.37 bits per heavy atom. The molecule has 0 aromatic carbocycles. The van der Waals surface area contributed by atoms with Gasteiger partial charge in [0.1, 0.15) is 6.10 Å². The molecule has 0 saturated heterocycles. The molecule has 1 aliphatic carbocycles. The van der Waals surface area contributed by atoms with Gasteiger partial charge in [-0.3, -0.25) is 0 Å². The number of aliphatic hydroxyl groups excluding tert-OH is 1. The molecule has 161 valence electrons. The number of aliphatic hydroxyl groups is 2. The highest BCUT2D eigenvalue weighted by molar-refractivity contribution is 5.06. The second-order valence-electron chi connectivity index (χ2n) is 9.38. The van der Waals surface area contributed by atoms with Crippen LogP contribution in [0.1, 0.15) is 136 Å². The molecule has 1 saturated carbocycles. The second-order valence-corrected chi connectivity index (χ2v) is 9.38. The molecular formula is C25H49O2. The van der Waals surface area contributed by atoms with E-state index in [1.165, 1.54) is 77.0 Å². The smallest absolute Gasteiger partial charge is 0.125 e. The molecule has 27 heavy (non-hydrogen) atoms. The van der Waals surface area contributed by atoms with Gasteiger partial charge in [-0.2, -0.15) is 0 Å². The molecule has 0 aromatic heterocycles. The molecule has 1 radical (unpaired) electrons. The van der Waals surface area contributed by atoms with Gasteiger partial charge in [-0.25, -0.2) is 0 Å². The Hall–Kier alpha value is -0.0800. The number of hydrogen-bond donors (Lipinski definition) is 2. The van der Waals surface area contributed by atoms with Crippen molar-refractivity contribution in [3.05, 3.63) is 6.10 Å². The van der Waals surface area contributed by atoms with E-state index < -0.39 is 5.60 Å². The van der Waals surface area contributed by atoms with Gasteiger partial charge >= 0.3 is 0 Å². The van der Waals surface area contributed by atoms with Crippen LogP contribution < -0.4 is 0 Å². The van der Waals surface area contributed by atoms with Crippen LogP contribution in [0.25, 0.3) is 0 Å². The van der Waals surface area contributed by atoms with Gasteiger partial charge in [0.2, 0.25) is 0 Å². The van der Waals surface area contributed by atoms with Crippen LogP contribution in [0, 0.1) is 17.9 Å². The van der Waals surface area contributed by atoms with E-state index in [4.69, 9.17) is 0 Å². The van der Waals surface area contributed by atoms with E-state index in [9.17, 15) is 10.2 Å². The van der Waals surface area contributed by atoms with Crippen LogP contribution in [-0.2, 0) is 0 Å². The van der Waals surface area contributed by atoms with Crippen molar-refractivity contribution in [2.75, 3.05) is 0 Å². The third-order valence-corrected chi connectivity index (χ3v) is 6.79. The fraction of sp³-hybridized carbons (Fsp3) is 0.960. The summed E-state index contributed by atoms with van der Waals surface area (Å²) < 4.78 is 0. The molecular weight excluding hydrogens is 332 g/mol. The Balaban J connectivity index is 2.36. The third-order valence-electron chi connectivity index (χ3n) is 6.79. The van der Waals surface area contributed by atoms with Gasteiger partial charge in [0.25, 0.3) is 0 Å². The summed E-state index contributed by atoms with van der Waals surface area (Å²) in [4.78, 5) is 0. The monoisotopic (exact) mass is 381 g/mol. The minimum absolute atomic E-state index is 0.244. The highest BCUT2D eigenvalue weighted by Crippen LogP contribution is 2.44. The van der Waals surface area contributed by atoms with Crippen LogP contribution in [0.3, 0.4) is 0 Å². The van der Waals surface area contributed by atoms with E-state index in [1.807, 2.05) is 0 Å². The molecule has 0 bridgehead atoms. The molecule has 0 aliphatic heterocycles. The van der Waals surface area contributed by atoms with Crippen LogP contribution >= 0.6 is 0 Å². The topological polar surface area (TPSA) is 40.5 Å². The maximum absolute atomic E-state index is 11.3. The zero-order valence-corrected chi connectivity index (χ0v) is 18.8. The maximum Gasteiger partial charge on any atom is 0.125 e. The zero-order valence-electron chi connectivity index (χ0n) is 18.8. The van der Waals surface area contributed by atoms with Gasteiger partial charge in [0.05, 0.1) is 5.60 Å². The summed E-state index contributed by atoms with van der Waals surface area (Å²) in [5, 5.41) is 21.7. The molecule has 0 aromatic rings. The van der Waals surface area contributed by atoms with Crippen molar-refractivity contribution in [3.8, 4) is 0 Å². The zero-order chi connectivity index (χ0) is 20.0. The van der Waals surface area contributed by atoms with Crippen LogP contribution in [0.2, 0.25) is 0 Å². The first kappa shape index (κ1) is 25.0. The van der Waals surface area contributed by atoms with Crippen molar-refractivity contribution in [1.82, 2.24) is 0 Å². The van der Waals surface area contributed by atoms with E-state index in [0.717, 1.165) is 32.1 Å². The molecule has 3 atom stereocenters. The van der Waals surface area contributed by atoms with E-state index in [-0.39, 0.29) is 5.92 Å². The van der Waals surface area contributed by atoms with E-state index in [0.29, 0.717) is 18.4 Å². The third kappa shape index (κ3) is 9.79. The van der Waals surface area contributed by atoms with Crippen molar-refractivity contribution in [2.45, 2.75) is 142 Å². The number of unbranched alkanes of at least 4 members (excludes halogenated alkanes) is 9. The minimum atomic E-state index is -0.903. The lowest BCUT2D eigenvalue weighted by molar-refractivity contribution is -0.0886. The molecule has 2 nitrogen and oxygen atoms in total. The largest absolute Gasteiger partial charge is 0.386 e. The van der Waals surface area contributed by atoms with E-state index >= 15 is 0 Å². The van der Waals surface area contributed by atoms with Crippen molar-refractivity contribution >= 4 is 0 Å². The van der Waals surface area contributed by atoms with Gasteiger partial charge < -0.3 is 10.2 Å². The Labute approximate surface area is 170 Å². The fourth-order valence-corrected chi connectivity index (χ4v) is 4.91. The number of rotatable bonds is 16. The lowest BCUT2D eigenvalue weighted by Crippen LogP contribution is -2.46. The summed E-state index contributed by atoms with van der Waals surface area (Å²) in [6.45, 7) is 6.87. The standard InChI is InChI=1S/C25H49O2/c1-4-6-8-9-10-11-12-14-17-22(3)21-23(18-13-7-5-2)25(27)20-16-15-19-24(25)26/h22-23,26-27H,4-21H2,1-3H3. The highest BCUT2D eigenvalue weighted by Gasteiger charge is 2.45. The average molecular weight is 382 g/mol. The Bertz CT molecular complexity index is 343. The van der Waals surface area contributed by atoms with E-state index in [2.05, 4.69) is 20.8 Å². The Kier molecular flexibility index (Phi) is 13.7. The fourth-order valence-electron chi connectivity index (χ4n) is 4.91. The molecule has 1 aliphatic rings. The molecule has 0 spiro atoms. The summed E-state index contributed by atoms with van der Waals surface area (Å²) in [6, 6.07) is 0. The van der Waals surface area contributed by atoms with Gasteiger partial charge in [0.15, 0.2) is 0 Å². The van der Waals surface area contributed by atoms with Crippen LogP contribution in [0.15, 0.2) is 0 Å². The lowest BCUT2D eigenvalue weighted by Gasteiger charge is -2.43. The van der Waals surface area contributed by atoms with Gasteiger partial charge in [0, 0.05) is 0 Å². The number of hydrogen-bond acceptors (Lipinski definition) is 2. The van der Waals surface area contributed by atoms with Crippen LogP contribution in [-0.4, -0.2) is 15.8 Å². The summed E-state index contributed by atoms with van der Waals surface area (Å²) in [7, 11) is 0. The van der Waals surface area contributed by atoms with Crippen molar-refractivity contribution in [3.63, 3.8) is 0 Å². The van der Waals surface area contributed by atoms with Gasteiger partial charge in [-0.05, 0) is 37.5 Å².